The van der Waals surface area contributed by atoms with Gasteiger partial charge in [-0.25, -0.2) is 9.97 Å². The summed E-state index contributed by atoms with van der Waals surface area (Å²) in [4.78, 5) is 23.1. The van der Waals surface area contributed by atoms with Crippen LogP contribution in [-0.2, 0) is 0 Å². The highest BCUT2D eigenvalue weighted by atomic mass is 16.1. The summed E-state index contributed by atoms with van der Waals surface area (Å²) in [6.07, 6.45) is 3.29. The summed E-state index contributed by atoms with van der Waals surface area (Å²) in [5, 5.41) is 20.9. The second-order valence-electron chi connectivity index (χ2n) is 8.27. The van der Waals surface area contributed by atoms with E-state index in [1.165, 1.54) is 0 Å². The second-order valence-corrected chi connectivity index (χ2v) is 8.27. The number of carbonyl (C=O) groups is 1. The van der Waals surface area contributed by atoms with Crippen molar-refractivity contribution in [2.24, 2.45) is 5.92 Å². The monoisotopic (exact) mass is 438 g/mol. The quantitative estimate of drug-likeness (QED) is 0.468. The minimum atomic E-state index is -0.0717. The summed E-state index contributed by atoms with van der Waals surface area (Å²) in [6, 6.07) is 15.7. The summed E-state index contributed by atoms with van der Waals surface area (Å²) >= 11 is 0. The van der Waals surface area contributed by atoms with Crippen molar-refractivity contribution in [3.63, 3.8) is 0 Å². The molecule has 9 nitrogen and oxygen atoms in total. The minimum absolute atomic E-state index is 0.0717. The Kier molecular flexibility index (Phi) is 5.18. The summed E-state index contributed by atoms with van der Waals surface area (Å²) < 4.78 is 1.89. The Balaban J connectivity index is 1.53. The molecule has 0 saturated carbocycles. The van der Waals surface area contributed by atoms with Gasteiger partial charge in [-0.15, -0.1) is 5.10 Å². The molecule has 0 amide bonds. The van der Waals surface area contributed by atoms with Gasteiger partial charge in [0.05, 0.1) is 34.3 Å². The molecule has 5 rings (SSSR count). The average molecular weight is 438 g/mol. The molecule has 1 saturated heterocycles. The largest absolute Gasteiger partial charge is 0.352 e. The summed E-state index contributed by atoms with van der Waals surface area (Å²) in [7, 11) is 0. The van der Waals surface area contributed by atoms with Gasteiger partial charge in [0.25, 0.3) is 0 Å². The van der Waals surface area contributed by atoms with Crippen molar-refractivity contribution in [2.75, 3.05) is 16.8 Å². The van der Waals surface area contributed by atoms with Gasteiger partial charge in [-0.3, -0.25) is 9.36 Å². The van der Waals surface area contributed by atoms with Crippen molar-refractivity contribution in [3.05, 3.63) is 60.0 Å². The first-order valence-electron chi connectivity index (χ1n) is 10.7. The lowest BCUT2D eigenvalue weighted by Gasteiger charge is -2.24. The molecule has 0 spiro atoms. The van der Waals surface area contributed by atoms with E-state index in [4.69, 9.17) is 4.98 Å². The van der Waals surface area contributed by atoms with Gasteiger partial charge in [-0.1, -0.05) is 0 Å². The number of nitriles is 1. The fourth-order valence-electron chi connectivity index (χ4n) is 4.21. The van der Waals surface area contributed by atoms with Crippen LogP contribution >= 0.6 is 0 Å². The van der Waals surface area contributed by atoms with Crippen LogP contribution in [0.3, 0.4) is 0 Å². The van der Waals surface area contributed by atoms with Crippen LogP contribution in [0.15, 0.2) is 48.8 Å². The van der Waals surface area contributed by atoms with Crippen molar-refractivity contribution in [3.8, 4) is 11.9 Å². The normalized spacial score (nSPS) is 17.8. The zero-order chi connectivity index (χ0) is 22.9. The Hall–Kier alpha value is -4.32. The topological polar surface area (TPSA) is 113 Å². The third kappa shape index (κ3) is 3.87. The van der Waals surface area contributed by atoms with E-state index in [-0.39, 0.29) is 12.0 Å². The molecule has 1 aliphatic heterocycles. The average Bonchev–Trinajstić information content (AvgIpc) is 3.43. The number of fused-ring (bicyclic) bond motifs is 1. The molecule has 0 radical (unpaired) electrons. The lowest BCUT2D eigenvalue weighted by molar-refractivity contribution is 0.112. The summed E-state index contributed by atoms with van der Waals surface area (Å²) in [5.41, 5.74) is 3.88. The standard InChI is InChI=1S/C24H22N8O/c1-15-3-7-22(30-29-15)27-19-5-6-20-21(10-19)32(14-26-20)23-8-4-18(13-33)24(28-23)31-12-17(11-25)9-16(31)2/h3-8,10,13-14,16-17H,9,12H2,1-2H3,(H,27,30)/t16-,17?/m0/s1. The van der Waals surface area contributed by atoms with Gasteiger partial charge in [0, 0.05) is 18.3 Å². The highest BCUT2D eigenvalue weighted by Crippen LogP contribution is 2.31. The predicted octanol–water partition coefficient (Wildman–Crippen LogP) is 3.81. The van der Waals surface area contributed by atoms with Crippen molar-refractivity contribution in [1.82, 2.24) is 24.7 Å². The molecule has 3 aromatic heterocycles. The number of aldehydes is 1. The molecule has 1 fully saturated rings. The fraction of sp³-hybridized carbons (Fsp3) is 0.250. The first-order chi connectivity index (χ1) is 16.1. The Bertz CT molecular complexity index is 1370. The third-order valence-corrected chi connectivity index (χ3v) is 5.91. The molecule has 1 aliphatic rings. The van der Waals surface area contributed by atoms with Crippen molar-refractivity contribution >= 4 is 34.6 Å². The van der Waals surface area contributed by atoms with Crippen LogP contribution in [0, 0.1) is 24.2 Å². The number of aryl methyl sites for hydroxylation is 1. The van der Waals surface area contributed by atoms with Crippen molar-refractivity contribution in [2.45, 2.75) is 26.3 Å². The maximum absolute atomic E-state index is 11.7. The van der Waals surface area contributed by atoms with Gasteiger partial charge in [-0.2, -0.15) is 10.4 Å². The van der Waals surface area contributed by atoms with Gasteiger partial charge >= 0.3 is 0 Å². The first-order valence-corrected chi connectivity index (χ1v) is 10.7. The molecule has 0 aliphatic carbocycles. The molecular weight excluding hydrogens is 416 g/mol. The van der Waals surface area contributed by atoms with Crippen LogP contribution in [0.4, 0.5) is 17.3 Å². The molecule has 1 aromatic carbocycles. The van der Waals surface area contributed by atoms with Gasteiger partial charge in [0.15, 0.2) is 12.1 Å². The van der Waals surface area contributed by atoms with E-state index >= 15 is 0 Å². The molecule has 9 heteroatoms. The maximum Gasteiger partial charge on any atom is 0.153 e. The lowest BCUT2D eigenvalue weighted by atomic mass is 10.1. The van der Waals surface area contributed by atoms with Gasteiger partial charge in [-0.05, 0) is 62.7 Å². The van der Waals surface area contributed by atoms with E-state index in [1.54, 1.807) is 12.4 Å². The number of carbonyl (C=O) groups excluding carboxylic acids is 1. The van der Waals surface area contributed by atoms with Gasteiger partial charge in [0.1, 0.15) is 18.0 Å². The van der Waals surface area contributed by atoms with Crippen LogP contribution in [0.5, 0.6) is 0 Å². The van der Waals surface area contributed by atoms with Crippen LogP contribution in [0.2, 0.25) is 0 Å². The number of hydrogen-bond donors (Lipinski definition) is 1. The molecule has 33 heavy (non-hydrogen) atoms. The van der Waals surface area contributed by atoms with Crippen molar-refractivity contribution < 1.29 is 4.79 Å². The Morgan fingerprint density at radius 2 is 2.06 bits per heavy atom. The van der Waals surface area contributed by atoms with Crippen LogP contribution in [0.1, 0.15) is 29.4 Å². The van der Waals surface area contributed by atoms with E-state index in [9.17, 15) is 10.1 Å². The molecule has 4 aromatic rings. The van der Waals surface area contributed by atoms with E-state index in [1.807, 2.05) is 52.8 Å². The van der Waals surface area contributed by atoms with E-state index in [0.29, 0.717) is 29.6 Å². The number of benzene rings is 1. The lowest BCUT2D eigenvalue weighted by Crippen LogP contribution is -2.29. The minimum Gasteiger partial charge on any atom is -0.352 e. The number of nitrogens with one attached hydrogen (secondary N) is 1. The van der Waals surface area contributed by atoms with E-state index in [2.05, 4.69) is 33.5 Å². The third-order valence-electron chi connectivity index (χ3n) is 5.91. The number of hydrogen-bond acceptors (Lipinski definition) is 8. The smallest absolute Gasteiger partial charge is 0.153 e. The Morgan fingerprint density at radius 3 is 2.79 bits per heavy atom. The molecule has 1 N–H and O–H groups in total. The zero-order valence-electron chi connectivity index (χ0n) is 18.3. The van der Waals surface area contributed by atoms with E-state index < -0.39 is 0 Å². The Labute approximate surface area is 190 Å². The number of nitrogens with zero attached hydrogens (tertiary/aromatic N) is 7. The molecule has 0 bridgehead atoms. The second kappa shape index (κ2) is 8.31. The first kappa shape index (κ1) is 20.6. The number of anilines is 3. The Morgan fingerprint density at radius 1 is 1.18 bits per heavy atom. The highest BCUT2D eigenvalue weighted by molar-refractivity contribution is 5.85. The number of rotatable bonds is 5. The fourth-order valence-corrected chi connectivity index (χ4v) is 4.21. The number of imidazole rings is 1. The van der Waals surface area contributed by atoms with Gasteiger partial charge < -0.3 is 10.2 Å². The summed E-state index contributed by atoms with van der Waals surface area (Å²) in [6.45, 7) is 4.51. The van der Waals surface area contributed by atoms with Gasteiger partial charge in [0.2, 0.25) is 0 Å². The van der Waals surface area contributed by atoms with E-state index in [0.717, 1.165) is 35.1 Å². The van der Waals surface area contributed by atoms with Crippen LogP contribution in [0.25, 0.3) is 16.9 Å². The molecular formula is C24H22N8O. The van der Waals surface area contributed by atoms with Crippen LogP contribution in [-0.4, -0.2) is 43.6 Å². The number of pyridine rings is 1. The molecule has 2 atom stereocenters. The number of aromatic nitrogens is 5. The molecule has 164 valence electrons. The predicted molar refractivity (Wildman–Crippen MR) is 125 cm³/mol. The molecule has 4 heterocycles. The zero-order valence-corrected chi connectivity index (χ0v) is 18.3. The van der Waals surface area contributed by atoms with Crippen molar-refractivity contribution in [1.29, 1.82) is 5.26 Å². The highest BCUT2D eigenvalue weighted by Gasteiger charge is 2.31. The summed E-state index contributed by atoms with van der Waals surface area (Å²) in [5.74, 6) is 1.83. The SMILES string of the molecule is Cc1ccc(Nc2ccc3ncn(-c4ccc(C=O)c(N5CC(C#N)C[C@@H]5C)n4)c3c2)nn1. The van der Waals surface area contributed by atoms with Crippen LogP contribution < -0.4 is 10.2 Å². The maximum atomic E-state index is 11.7. The molecule has 1 unspecified atom stereocenters.